The first-order valence-electron chi connectivity index (χ1n) is 6.36. The molecule has 0 aromatic heterocycles. The molecule has 100 valence electrons. The molecule has 0 amide bonds. The van der Waals surface area contributed by atoms with Crippen LogP contribution in [0.5, 0.6) is 0 Å². The summed E-state index contributed by atoms with van der Waals surface area (Å²) in [6, 6.07) is 5.40. The summed E-state index contributed by atoms with van der Waals surface area (Å²) >= 11 is 0. The predicted molar refractivity (Wildman–Crippen MR) is 75.0 cm³/mol. The number of methoxy groups -OCH3 is 1. The Kier molecular flexibility index (Phi) is 5.49. The Bertz CT molecular complexity index is 399. The minimum Gasteiger partial charge on any atom is -0.465 e. The maximum absolute atomic E-state index is 11.8. The highest BCUT2D eigenvalue weighted by Gasteiger charge is 2.16. The number of nitrogens with two attached hydrogens (primary N) is 1. The molecule has 0 spiro atoms. The zero-order valence-corrected chi connectivity index (χ0v) is 11.4. The van der Waals surface area contributed by atoms with Gasteiger partial charge in [-0.3, -0.25) is 0 Å². The van der Waals surface area contributed by atoms with Crippen LogP contribution in [-0.4, -0.2) is 26.2 Å². The van der Waals surface area contributed by atoms with Crippen LogP contribution in [0.2, 0.25) is 0 Å². The lowest BCUT2D eigenvalue weighted by molar-refractivity contribution is 0.0601. The van der Waals surface area contributed by atoms with Crippen LogP contribution in [0.1, 0.15) is 37.0 Å². The first-order chi connectivity index (χ1) is 8.63. The highest BCUT2D eigenvalue weighted by molar-refractivity contribution is 5.96. The second-order valence-corrected chi connectivity index (χ2v) is 4.26. The summed E-state index contributed by atoms with van der Waals surface area (Å²) in [7, 11) is 1.39. The van der Waals surface area contributed by atoms with Crippen LogP contribution in [0.15, 0.2) is 18.2 Å². The second kappa shape index (κ2) is 6.89. The van der Waals surface area contributed by atoms with Gasteiger partial charge in [0.25, 0.3) is 0 Å². The van der Waals surface area contributed by atoms with E-state index in [4.69, 9.17) is 10.5 Å². The van der Waals surface area contributed by atoms with Crippen LogP contribution >= 0.6 is 0 Å². The van der Waals surface area contributed by atoms with Gasteiger partial charge in [0.1, 0.15) is 0 Å². The standard InChI is InChI=1S/C14H22N2O2/c1-4-8-16(9-5-2)13-7-6-11(15)10-12(13)14(17)18-3/h6-7,10H,4-5,8-9,15H2,1-3H3. The number of anilines is 2. The molecule has 1 aromatic carbocycles. The molecule has 4 nitrogen and oxygen atoms in total. The van der Waals surface area contributed by atoms with E-state index in [9.17, 15) is 4.79 Å². The van der Waals surface area contributed by atoms with Gasteiger partial charge < -0.3 is 15.4 Å². The average molecular weight is 250 g/mol. The van der Waals surface area contributed by atoms with Crippen molar-refractivity contribution in [1.29, 1.82) is 0 Å². The average Bonchev–Trinajstić information content (AvgIpc) is 2.37. The van der Waals surface area contributed by atoms with Crippen molar-refractivity contribution in [2.75, 3.05) is 30.8 Å². The number of benzene rings is 1. The molecule has 0 aliphatic heterocycles. The molecule has 0 heterocycles. The smallest absolute Gasteiger partial charge is 0.340 e. The molecule has 0 saturated carbocycles. The Hall–Kier alpha value is -1.71. The first kappa shape index (κ1) is 14.4. The summed E-state index contributed by atoms with van der Waals surface area (Å²) in [5.74, 6) is -0.338. The molecule has 0 saturated heterocycles. The first-order valence-corrected chi connectivity index (χ1v) is 6.36. The Morgan fingerprint density at radius 3 is 2.39 bits per heavy atom. The van der Waals surface area contributed by atoms with Crippen molar-refractivity contribution in [3.8, 4) is 0 Å². The molecule has 18 heavy (non-hydrogen) atoms. The largest absolute Gasteiger partial charge is 0.465 e. The Morgan fingerprint density at radius 2 is 1.89 bits per heavy atom. The third-order valence-electron chi connectivity index (χ3n) is 2.75. The Labute approximate surface area is 109 Å². The van der Waals surface area contributed by atoms with Crippen LogP contribution < -0.4 is 10.6 Å². The normalized spacial score (nSPS) is 10.2. The van der Waals surface area contributed by atoms with Gasteiger partial charge in [0, 0.05) is 18.8 Å². The summed E-state index contributed by atoms with van der Waals surface area (Å²) in [5, 5.41) is 0. The fraction of sp³-hybridized carbons (Fsp3) is 0.500. The number of nitrogens with zero attached hydrogens (tertiary/aromatic N) is 1. The van der Waals surface area contributed by atoms with Crippen molar-refractivity contribution in [3.63, 3.8) is 0 Å². The number of hydrogen-bond acceptors (Lipinski definition) is 4. The number of nitrogen functional groups attached to an aromatic ring is 1. The highest BCUT2D eigenvalue weighted by atomic mass is 16.5. The number of hydrogen-bond donors (Lipinski definition) is 1. The van der Waals surface area contributed by atoms with E-state index in [2.05, 4.69) is 18.7 Å². The zero-order chi connectivity index (χ0) is 13.5. The molecule has 0 aliphatic carbocycles. The van der Waals surface area contributed by atoms with E-state index in [1.807, 2.05) is 12.1 Å². The van der Waals surface area contributed by atoms with Gasteiger partial charge in [0.15, 0.2) is 0 Å². The maximum Gasteiger partial charge on any atom is 0.340 e. The third-order valence-corrected chi connectivity index (χ3v) is 2.75. The second-order valence-electron chi connectivity index (χ2n) is 4.26. The van der Waals surface area contributed by atoms with Crippen molar-refractivity contribution < 1.29 is 9.53 Å². The number of rotatable bonds is 6. The molecule has 0 unspecified atom stereocenters. The molecular weight excluding hydrogens is 228 g/mol. The summed E-state index contributed by atoms with van der Waals surface area (Å²) < 4.78 is 4.82. The highest BCUT2D eigenvalue weighted by Crippen LogP contribution is 2.24. The number of carbonyl (C=O) groups is 1. The molecule has 0 radical (unpaired) electrons. The lowest BCUT2D eigenvalue weighted by Gasteiger charge is -2.25. The third kappa shape index (κ3) is 3.39. The quantitative estimate of drug-likeness (QED) is 0.623. The van der Waals surface area contributed by atoms with E-state index in [1.165, 1.54) is 7.11 Å². The van der Waals surface area contributed by atoms with Gasteiger partial charge >= 0.3 is 5.97 Å². The van der Waals surface area contributed by atoms with Crippen LogP contribution in [0.4, 0.5) is 11.4 Å². The number of ether oxygens (including phenoxy) is 1. The Balaban J connectivity index is 3.15. The molecule has 1 aromatic rings. The van der Waals surface area contributed by atoms with E-state index < -0.39 is 0 Å². The van der Waals surface area contributed by atoms with E-state index >= 15 is 0 Å². The predicted octanol–water partition coefficient (Wildman–Crippen LogP) is 2.68. The molecule has 2 N–H and O–H groups in total. The van der Waals surface area contributed by atoms with E-state index in [1.54, 1.807) is 6.07 Å². The van der Waals surface area contributed by atoms with Crippen molar-refractivity contribution in [2.24, 2.45) is 0 Å². The van der Waals surface area contributed by atoms with E-state index in [-0.39, 0.29) is 5.97 Å². The van der Waals surface area contributed by atoms with Crippen LogP contribution in [0, 0.1) is 0 Å². The molecule has 0 bridgehead atoms. The Morgan fingerprint density at radius 1 is 1.28 bits per heavy atom. The van der Waals surface area contributed by atoms with Gasteiger partial charge in [0.05, 0.1) is 18.4 Å². The van der Waals surface area contributed by atoms with Crippen LogP contribution in [0.3, 0.4) is 0 Å². The maximum atomic E-state index is 11.8. The van der Waals surface area contributed by atoms with Gasteiger partial charge in [-0.15, -0.1) is 0 Å². The molecule has 4 heteroatoms. The lowest BCUT2D eigenvalue weighted by atomic mass is 10.1. The number of carbonyl (C=O) groups excluding carboxylic acids is 1. The SMILES string of the molecule is CCCN(CCC)c1ccc(N)cc1C(=O)OC. The minimum atomic E-state index is -0.338. The molecular formula is C14H22N2O2. The van der Waals surface area contributed by atoms with E-state index in [0.29, 0.717) is 11.3 Å². The summed E-state index contributed by atoms with van der Waals surface area (Å²) in [4.78, 5) is 14.0. The summed E-state index contributed by atoms with van der Waals surface area (Å²) in [6.07, 6.45) is 2.07. The molecule has 0 atom stereocenters. The van der Waals surface area contributed by atoms with Crippen molar-refractivity contribution in [2.45, 2.75) is 26.7 Å². The summed E-state index contributed by atoms with van der Waals surface area (Å²) in [5.41, 5.74) is 7.76. The zero-order valence-electron chi connectivity index (χ0n) is 11.4. The monoisotopic (exact) mass is 250 g/mol. The van der Waals surface area contributed by atoms with Crippen molar-refractivity contribution in [1.82, 2.24) is 0 Å². The lowest BCUT2D eigenvalue weighted by Crippen LogP contribution is -2.27. The minimum absolute atomic E-state index is 0.338. The fourth-order valence-electron chi connectivity index (χ4n) is 2.00. The van der Waals surface area contributed by atoms with Gasteiger partial charge in [-0.1, -0.05) is 13.8 Å². The van der Waals surface area contributed by atoms with Crippen molar-refractivity contribution in [3.05, 3.63) is 23.8 Å². The van der Waals surface area contributed by atoms with Crippen molar-refractivity contribution >= 4 is 17.3 Å². The van der Waals surface area contributed by atoms with Crippen LogP contribution in [0.25, 0.3) is 0 Å². The van der Waals surface area contributed by atoms with Crippen LogP contribution in [-0.2, 0) is 4.74 Å². The van der Waals surface area contributed by atoms with Gasteiger partial charge in [0.2, 0.25) is 0 Å². The topological polar surface area (TPSA) is 55.6 Å². The van der Waals surface area contributed by atoms with Gasteiger partial charge in [-0.2, -0.15) is 0 Å². The molecule has 0 aliphatic rings. The fourth-order valence-corrected chi connectivity index (χ4v) is 2.00. The summed E-state index contributed by atoms with van der Waals surface area (Å²) in [6.45, 7) is 6.08. The molecule has 0 fully saturated rings. The van der Waals surface area contributed by atoms with E-state index in [0.717, 1.165) is 31.6 Å². The van der Waals surface area contributed by atoms with Gasteiger partial charge in [-0.05, 0) is 31.0 Å². The van der Waals surface area contributed by atoms with Gasteiger partial charge in [-0.25, -0.2) is 4.79 Å². The molecule has 1 rings (SSSR count). The number of esters is 1.